The summed E-state index contributed by atoms with van der Waals surface area (Å²) in [6.45, 7) is 2.48. The van der Waals surface area contributed by atoms with Gasteiger partial charge in [0.25, 0.3) is 17.7 Å². The highest BCUT2D eigenvalue weighted by Crippen LogP contribution is 2.27. The Morgan fingerprint density at radius 2 is 1.97 bits per heavy atom. The van der Waals surface area contributed by atoms with Gasteiger partial charge in [-0.25, -0.2) is 4.39 Å². The number of amides is 2. The molecule has 1 unspecified atom stereocenters. The zero-order valence-corrected chi connectivity index (χ0v) is 16.2. The first kappa shape index (κ1) is 19.6. The van der Waals surface area contributed by atoms with Crippen LogP contribution in [0.2, 0.25) is 0 Å². The van der Waals surface area contributed by atoms with Gasteiger partial charge in [0.1, 0.15) is 6.04 Å². The second-order valence-electron chi connectivity index (χ2n) is 6.90. The van der Waals surface area contributed by atoms with Gasteiger partial charge in [-0.3, -0.25) is 19.6 Å². The Hall–Kier alpha value is -3.69. The van der Waals surface area contributed by atoms with Crippen LogP contribution in [0.3, 0.4) is 0 Å². The maximum Gasteiger partial charge on any atom is 0.257 e. The standard InChI is InChI=1S/C20H19FN6O3/c1-13-24-18(30-25-13)17-12-26(20(29)15-5-7-23-11-16(15)21)8-3-9-27(17)19(28)14-4-2-6-22-10-14/h2,4-7,10-11,17H,3,8-9,12H2,1H3. The van der Waals surface area contributed by atoms with Crippen LogP contribution in [0.25, 0.3) is 0 Å². The SMILES string of the molecule is Cc1noc(C2CN(C(=O)c3ccncc3F)CCCN2C(=O)c2cccnc2)n1. The highest BCUT2D eigenvalue weighted by atomic mass is 19.1. The number of halogens is 1. The first-order valence-electron chi connectivity index (χ1n) is 9.44. The molecule has 4 rings (SSSR count). The maximum absolute atomic E-state index is 14.1. The van der Waals surface area contributed by atoms with Gasteiger partial charge in [-0.05, 0) is 31.5 Å². The van der Waals surface area contributed by atoms with E-state index >= 15 is 0 Å². The molecule has 0 aromatic carbocycles. The fourth-order valence-corrected chi connectivity index (χ4v) is 3.45. The Morgan fingerprint density at radius 1 is 1.13 bits per heavy atom. The number of aryl methyl sites for hydroxylation is 1. The van der Waals surface area contributed by atoms with E-state index in [9.17, 15) is 14.0 Å². The fraction of sp³-hybridized carbons (Fsp3) is 0.300. The van der Waals surface area contributed by atoms with Gasteiger partial charge in [-0.1, -0.05) is 5.16 Å². The zero-order valence-electron chi connectivity index (χ0n) is 16.2. The van der Waals surface area contributed by atoms with Crippen LogP contribution in [0.5, 0.6) is 0 Å². The van der Waals surface area contributed by atoms with E-state index in [0.29, 0.717) is 30.9 Å². The Bertz CT molecular complexity index is 1060. The summed E-state index contributed by atoms with van der Waals surface area (Å²) in [6.07, 6.45) is 5.95. The van der Waals surface area contributed by atoms with E-state index < -0.39 is 17.8 Å². The van der Waals surface area contributed by atoms with E-state index in [1.807, 2.05) is 0 Å². The fourth-order valence-electron chi connectivity index (χ4n) is 3.45. The third-order valence-corrected chi connectivity index (χ3v) is 4.88. The molecule has 30 heavy (non-hydrogen) atoms. The van der Waals surface area contributed by atoms with Crippen molar-refractivity contribution in [1.82, 2.24) is 29.9 Å². The minimum atomic E-state index is -0.694. The number of pyridine rings is 2. The summed E-state index contributed by atoms with van der Waals surface area (Å²) >= 11 is 0. The minimum Gasteiger partial charge on any atom is -0.337 e. The molecule has 0 saturated carbocycles. The van der Waals surface area contributed by atoms with E-state index in [-0.39, 0.29) is 23.9 Å². The number of nitrogens with zero attached hydrogens (tertiary/aromatic N) is 6. The first-order chi connectivity index (χ1) is 14.5. The van der Waals surface area contributed by atoms with Crippen LogP contribution < -0.4 is 0 Å². The van der Waals surface area contributed by atoms with Crippen molar-refractivity contribution in [3.63, 3.8) is 0 Å². The van der Waals surface area contributed by atoms with Gasteiger partial charge < -0.3 is 14.3 Å². The van der Waals surface area contributed by atoms with Gasteiger partial charge >= 0.3 is 0 Å². The van der Waals surface area contributed by atoms with E-state index in [1.165, 1.54) is 23.4 Å². The molecule has 0 N–H and O–H groups in total. The molecule has 0 radical (unpaired) electrons. The molecule has 1 saturated heterocycles. The molecule has 0 aliphatic carbocycles. The van der Waals surface area contributed by atoms with Crippen molar-refractivity contribution in [3.05, 3.63) is 71.6 Å². The van der Waals surface area contributed by atoms with Crippen LogP contribution >= 0.6 is 0 Å². The maximum atomic E-state index is 14.1. The lowest BCUT2D eigenvalue weighted by Gasteiger charge is -2.29. The van der Waals surface area contributed by atoms with Crippen LogP contribution in [0, 0.1) is 12.7 Å². The van der Waals surface area contributed by atoms with Gasteiger partial charge in [0.15, 0.2) is 11.6 Å². The normalized spacial score (nSPS) is 16.9. The minimum absolute atomic E-state index is 0.0718. The molecular weight excluding hydrogens is 391 g/mol. The average Bonchev–Trinajstić information content (AvgIpc) is 3.07. The molecule has 1 aliphatic heterocycles. The topological polar surface area (TPSA) is 105 Å². The molecule has 3 aromatic heterocycles. The molecule has 1 fully saturated rings. The van der Waals surface area contributed by atoms with Gasteiger partial charge in [0, 0.05) is 31.7 Å². The van der Waals surface area contributed by atoms with Crippen molar-refractivity contribution >= 4 is 11.8 Å². The molecule has 154 valence electrons. The summed E-state index contributed by atoms with van der Waals surface area (Å²) in [6, 6.07) is 4.02. The van der Waals surface area contributed by atoms with Crippen LogP contribution in [0.1, 0.15) is 44.9 Å². The Balaban J connectivity index is 1.67. The lowest BCUT2D eigenvalue weighted by Crippen LogP contribution is -2.40. The predicted octanol–water partition coefficient (Wildman–Crippen LogP) is 2.04. The summed E-state index contributed by atoms with van der Waals surface area (Å²) in [5.74, 6) is -0.791. The average molecular weight is 410 g/mol. The van der Waals surface area contributed by atoms with E-state index in [4.69, 9.17) is 4.52 Å². The number of carbonyl (C=O) groups excluding carboxylic acids is 2. The van der Waals surface area contributed by atoms with Crippen molar-refractivity contribution < 1.29 is 18.5 Å². The van der Waals surface area contributed by atoms with Gasteiger partial charge in [-0.2, -0.15) is 4.98 Å². The largest absolute Gasteiger partial charge is 0.337 e. The lowest BCUT2D eigenvalue weighted by atomic mass is 10.1. The number of carbonyl (C=O) groups is 2. The molecule has 3 aromatic rings. The third kappa shape index (κ3) is 3.88. The number of hydrogen-bond acceptors (Lipinski definition) is 7. The lowest BCUT2D eigenvalue weighted by molar-refractivity contribution is 0.0590. The van der Waals surface area contributed by atoms with E-state index in [2.05, 4.69) is 20.1 Å². The molecule has 1 atom stereocenters. The number of hydrogen-bond donors (Lipinski definition) is 0. The van der Waals surface area contributed by atoms with Gasteiger partial charge in [-0.15, -0.1) is 0 Å². The monoisotopic (exact) mass is 410 g/mol. The second-order valence-corrected chi connectivity index (χ2v) is 6.90. The van der Waals surface area contributed by atoms with E-state index in [1.54, 1.807) is 30.2 Å². The van der Waals surface area contributed by atoms with Crippen LogP contribution in [-0.2, 0) is 0 Å². The van der Waals surface area contributed by atoms with Crippen molar-refractivity contribution in [3.8, 4) is 0 Å². The van der Waals surface area contributed by atoms with Gasteiger partial charge in [0.2, 0.25) is 0 Å². The van der Waals surface area contributed by atoms with Crippen molar-refractivity contribution in [2.75, 3.05) is 19.6 Å². The van der Waals surface area contributed by atoms with Crippen LogP contribution in [-0.4, -0.2) is 61.4 Å². The summed E-state index contributed by atoms with van der Waals surface area (Å²) in [5, 5.41) is 3.82. The molecule has 2 amide bonds. The Kier molecular flexibility index (Phi) is 5.46. The zero-order chi connectivity index (χ0) is 21.1. The predicted molar refractivity (Wildman–Crippen MR) is 102 cm³/mol. The summed E-state index contributed by atoms with van der Waals surface area (Å²) in [4.78, 5) is 41.2. The molecule has 0 bridgehead atoms. The van der Waals surface area contributed by atoms with Crippen molar-refractivity contribution in [2.45, 2.75) is 19.4 Å². The molecule has 1 aliphatic rings. The molecular formula is C20H19FN6O3. The highest BCUT2D eigenvalue weighted by molar-refractivity contribution is 5.95. The summed E-state index contributed by atoms with van der Waals surface area (Å²) < 4.78 is 19.5. The molecule has 10 heteroatoms. The first-order valence-corrected chi connectivity index (χ1v) is 9.44. The Labute approximate surface area is 171 Å². The van der Waals surface area contributed by atoms with Crippen LogP contribution in [0.15, 0.2) is 47.5 Å². The number of aromatic nitrogens is 4. The molecule has 0 spiro atoms. The third-order valence-electron chi connectivity index (χ3n) is 4.88. The van der Waals surface area contributed by atoms with Crippen LogP contribution in [0.4, 0.5) is 4.39 Å². The second kappa shape index (κ2) is 8.36. The highest BCUT2D eigenvalue weighted by Gasteiger charge is 2.36. The van der Waals surface area contributed by atoms with E-state index in [0.717, 1.165) is 6.20 Å². The molecule has 4 heterocycles. The molecule has 9 nitrogen and oxygen atoms in total. The summed E-state index contributed by atoms with van der Waals surface area (Å²) in [5.41, 5.74) is 0.344. The smallest absolute Gasteiger partial charge is 0.257 e. The quantitative estimate of drug-likeness (QED) is 0.650. The number of rotatable bonds is 3. The van der Waals surface area contributed by atoms with Gasteiger partial charge in [0.05, 0.1) is 23.9 Å². The van der Waals surface area contributed by atoms with Crippen molar-refractivity contribution in [1.29, 1.82) is 0 Å². The Morgan fingerprint density at radius 3 is 2.67 bits per heavy atom. The van der Waals surface area contributed by atoms with Crippen molar-refractivity contribution in [2.24, 2.45) is 0 Å². The summed E-state index contributed by atoms with van der Waals surface area (Å²) in [7, 11) is 0.